The zero-order valence-electron chi connectivity index (χ0n) is 9.41. The SMILES string of the molecule is NC(Cc1ccc(F)cc1Br)c1ncccc1F. The summed E-state index contributed by atoms with van der Waals surface area (Å²) in [7, 11) is 0. The van der Waals surface area contributed by atoms with Crippen LogP contribution in [0.5, 0.6) is 0 Å². The van der Waals surface area contributed by atoms with Gasteiger partial charge in [-0.15, -0.1) is 0 Å². The molecule has 5 heteroatoms. The quantitative estimate of drug-likeness (QED) is 0.943. The monoisotopic (exact) mass is 312 g/mol. The van der Waals surface area contributed by atoms with Gasteiger partial charge in [0.05, 0.1) is 11.7 Å². The molecule has 0 aliphatic heterocycles. The van der Waals surface area contributed by atoms with Crippen LogP contribution in [0, 0.1) is 11.6 Å². The Morgan fingerprint density at radius 3 is 2.72 bits per heavy atom. The Balaban J connectivity index is 2.21. The standard InChI is InChI=1S/C13H11BrF2N2/c14-10-7-9(15)4-3-8(10)6-12(17)13-11(16)2-1-5-18-13/h1-5,7,12H,6,17H2. The number of benzene rings is 1. The average molecular weight is 313 g/mol. The van der Waals surface area contributed by atoms with Crippen LogP contribution in [0.3, 0.4) is 0 Å². The Hall–Kier alpha value is -1.33. The maximum atomic E-state index is 13.5. The van der Waals surface area contributed by atoms with E-state index in [-0.39, 0.29) is 11.5 Å². The van der Waals surface area contributed by atoms with E-state index in [2.05, 4.69) is 20.9 Å². The first-order valence-corrected chi connectivity index (χ1v) is 6.17. The smallest absolute Gasteiger partial charge is 0.146 e. The third-order valence-corrected chi connectivity index (χ3v) is 3.33. The van der Waals surface area contributed by atoms with E-state index in [0.717, 1.165) is 5.56 Å². The molecule has 94 valence electrons. The van der Waals surface area contributed by atoms with Crippen molar-refractivity contribution >= 4 is 15.9 Å². The normalized spacial score (nSPS) is 12.4. The molecule has 2 rings (SSSR count). The Labute approximate surface area is 112 Å². The first-order valence-electron chi connectivity index (χ1n) is 5.38. The molecule has 0 fully saturated rings. The molecule has 0 aliphatic carbocycles. The summed E-state index contributed by atoms with van der Waals surface area (Å²) >= 11 is 3.26. The van der Waals surface area contributed by atoms with Crippen molar-refractivity contribution in [2.75, 3.05) is 0 Å². The van der Waals surface area contributed by atoms with E-state index >= 15 is 0 Å². The van der Waals surface area contributed by atoms with E-state index in [9.17, 15) is 8.78 Å². The molecule has 1 aromatic carbocycles. The third-order valence-electron chi connectivity index (χ3n) is 2.59. The lowest BCUT2D eigenvalue weighted by molar-refractivity contribution is 0.563. The molecule has 0 amide bonds. The van der Waals surface area contributed by atoms with Crippen molar-refractivity contribution in [3.63, 3.8) is 0 Å². The minimum absolute atomic E-state index is 0.216. The van der Waals surface area contributed by atoms with E-state index in [1.807, 2.05) is 0 Å². The summed E-state index contributed by atoms with van der Waals surface area (Å²) < 4.78 is 27.1. The van der Waals surface area contributed by atoms with Crippen LogP contribution in [0.2, 0.25) is 0 Å². The molecule has 0 bridgehead atoms. The highest BCUT2D eigenvalue weighted by Crippen LogP contribution is 2.23. The van der Waals surface area contributed by atoms with E-state index in [1.54, 1.807) is 6.07 Å². The topological polar surface area (TPSA) is 38.9 Å². The minimum Gasteiger partial charge on any atom is -0.322 e. The third kappa shape index (κ3) is 2.91. The lowest BCUT2D eigenvalue weighted by Crippen LogP contribution is -2.16. The van der Waals surface area contributed by atoms with Gasteiger partial charge in [-0.25, -0.2) is 8.78 Å². The molecular formula is C13H11BrF2N2. The molecule has 1 unspecified atom stereocenters. The first kappa shape index (κ1) is 13.1. The van der Waals surface area contributed by atoms with Crippen LogP contribution in [0.1, 0.15) is 17.3 Å². The summed E-state index contributed by atoms with van der Waals surface area (Å²) in [4.78, 5) is 3.93. The lowest BCUT2D eigenvalue weighted by Gasteiger charge is -2.13. The van der Waals surface area contributed by atoms with E-state index in [0.29, 0.717) is 10.9 Å². The van der Waals surface area contributed by atoms with Gasteiger partial charge in [0.15, 0.2) is 0 Å². The molecule has 2 aromatic rings. The number of pyridine rings is 1. The molecule has 1 heterocycles. The molecule has 1 aromatic heterocycles. The van der Waals surface area contributed by atoms with Gasteiger partial charge in [0, 0.05) is 10.7 Å². The average Bonchev–Trinajstić information content (AvgIpc) is 2.33. The zero-order valence-corrected chi connectivity index (χ0v) is 11.0. The molecule has 0 saturated carbocycles. The molecule has 0 saturated heterocycles. The van der Waals surface area contributed by atoms with Crippen molar-refractivity contribution in [2.24, 2.45) is 5.73 Å². The van der Waals surface area contributed by atoms with Crippen molar-refractivity contribution in [1.29, 1.82) is 0 Å². The Kier molecular flexibility index (Phi) is 4.04. The maximum absolute atomic E-state index is 13.5. The Morgan fingerprint density at radius 2 is 2.06 bits per heavy atom. The summed E-state index contributed by atoms with van der Waals surface area (Å²) in [6.45, 7) is 0. The molecule has 2 nitrogen and oxygen atoms in total. The number of halogens is 3. The van der Waals surface area contributed by atoms with Crippen molar-refractivity contribution < 1.29 is 8.78 Å². The van der Waals surface area contributed by atoms with Gasteiger partial charge in [-0.1, -0.05) is 22.0 Å². The summed E-state index contributed by atoms with van der Waals surface area (Å²) in [5, 5.41) is 0. The van der Waals surface area contributed by atoms with Crippen molar-refractivity contribution in [3.8, 4) is 0 Å². The van der Waals surface area contributed by atoms with Gasteiger partial charge in [-0.3, -0.25) is 4.98 Å². The molecule has 0 spiro atoms. The van der Waals surface area contributed by atoms with Gasteiger partial charge in [0.25, 0.3) is 0 Å². The van der Waals surface area contributed by atoms with E-state index in [1.165, 1.54) is 30.5 Å². The summed E-state index contributed by atoms with van der Waals surface area (Å²) in [6.07, 6.45) is 1.88. The van der Waals surface area contributed by atoms with Gasteiger partial charge >= 0.3 is 0 Å². The second-order valence-corrected chi connectivity index (χ2v) is 4.77. The predicted octanol–water partition coefficient (Wildman–Crippen LogP) is 3.36. The number of rotatable bonds is 3. The van der Waals surface area contributed by atoms with Crippen LogP contribution in [0.4, 0.5) is 8.78 Å². The number of hydrogen-bond donors (Lipinski definition) is 1. The van der Waals surface area contributed by atoms with Crippen LogP contribution in [0.25, 0.3) is 0 Å². The highest BCUT2D eigenvalue weighted by Gasteiger charge is 2.14. The molecule has 0 radical (unpaired) electrons. The first-order chi connectivity index (χ1) is 8.58. The van der Waals surface area contributed by atoms with Crippen molar-refractivity contribution in [3.05, 3.63) is 63.9 Å². The second kappa shape index (κ2) is 5.54. The highest BCUT2D eigenvalue weighted by molar-refractivity contribution is 9.10. The summed E-state index contributed by atoms with van der Waals surface area (Å²) in [5.41, 5.74) is 6.95. The van der Waals surface area contributed by atoms with Crippen molar-refractivity contribution in [1.82, 2.24) is 4.98 Å². The largest absolute Gasteiger partial charge is 0.322 e. The van der Waals surface area contributed by atoms with Crippen LogP contribution in [-0.4, -0.2) is 4.98 Å². The fourth-order valence-corrected chi connectivity index (χ4v) is 2.20. The van der Waals surface area contributed by atoms with Gasteiger partial charge in [-0.2, -0.15) is 0 Å². The zero-order chi connectivity index (χ0) is 13.1. The minimum atomic E-state index is -0.562. The molecular weight excluding hydrogens is 302 g/mol. The van der Waals surface area contributed by atoms with Gasteiger partial charge in [-0.05, 0) is 36.2 Å². The van der Waals surface area contributed by atoms with Crippen LogP contribution in [0.15, 0.2) is 41.0 Å². The number of hydrogen-bond acceptors (Lipinski definition) is 2. The Morgan fingerprint density at radius 1 is 1.28 bits per heavy atom. The molecule has 1 atom stereocenters. The summed E-state index contributed by atoms with van der Waals surface area (Å²) in [6, 6.07) is 6.60. The Bertz CT molecular complexity index is 560. The second-order valence-electron chi connectivity index (χ2n) is 3.92. The highest BCUT2D eigenvalue weighted by atomic mass is 79.9. The van der Waals surface area contributed by atoms with Gasteiger partial charge in [0.2, 0.25) is 0 Å². The predicted molar refractivity (Wildman–Crippen MR) is 68.9 cm³/mol. The number of aromatic nitrogens is 1. The molecule has 2 N–H and O–H groups in total. The van der Waals surface area contributed by atoms with E-state index < -0.39 is 11.9 Å². The fraction of sp³-hybridized carbons (Fsp3) is 0.154. The molecule has 18 heavy (non-hydrogen) atoms. The fourth-order valence-electron chi connectivity index (χ4n) is 1.69. The van der Waals surface area contributed by atoms with Crippen LogP contribution >= 0.6 is 15.9 Å². The number of nitrogens with zero attached hydrogens (tertiary/aromatic N) is 1. The summed E-state index contributed by atoms with van der Waals surface area (Å²) in [5.74, 6) is -0.758. The van der Waals surface area contributed by atoms with Crippen LogP contribution in [-0.2, 0) is 6.42 Å². The number of nitrogens with two attached hydrogens (primary N) is 1. The maximum Gasteiger partial charge on any atom is 0.146 e. The van der Waals surface area contributed by atoms with E-state index in [4.69, 9.17) is 5.73 Å². The van der Waals surface area contributed by atoms with Crippen molar-refractivity contribution in [2.45, 2.75) is 12.5 Å². The van der Waals surface area contributed by atoms with Gasteiger partial charge < -0.3 is 5.73 Å². The molecule has 0 aliphatic rings. The lowest BCUT2D eigenvalue weighted by atomic mass is 10.0. The van der Waals surface area contributed by atoms with Crippen LogP contribution < -0.4 is 5.73 Å². The van der Waals surface area contributed by atoms with Gasteiger partial charge in [0.1, 0.15) is 11.6 Å².